The highest BCUT2D eigenvalue weighted by Crippen LogP contribution is 2.43. The molecule has 180 valence electrons. The molecule has 35 heavy (non-hydrogen) atoms. The van der Waals surface area contributed by atoms with Gasteiger partial charge in [-0.25, -0.2) is 4.39 Å². The van der Waals surface area contributed by atoms with Crippen molar-refractivity contribution in [3.8, 4) is 11.5 Å². The van der Waals surface area contributed by atoms with Crippen LogP contribution >= 0.6 is 0 Å². The lowest BCUT2D eigenvalue weighted by molar-refractivity contribution is -0.132. The molecule has 0 aromatic heterocycles. The summed E-state index contributed by atoms with van der Waals surface area (Å²) in [5.74, 6) is -1.28. The van der Waals surface area contributed by atoms with Gasteiger partial charge in [0.2, 0.25) is 0 Å². The minimum atomic E-state index is -0.922. The molecule has 3 aromatic carbocycles. The van der Waals surface area contributed by atoms with Crippen molar-refractivity contribution in [3.05, 3.63) is 95.3 Å². The van der Waals surface area contributed by atoms with Crippen molar-refractivity contribution >= 4 is 23.1 Å². The molecule has 0 spiro atoms. The van der Waals surface area contributed by atoms with E-state index in [9.17, 15) is 19.1 Å². The fourth-order valence-corrected chi connectivity index (χ4v) is 4.08. The van der Waals surface area contributed by atoms with Crippen molar-refractivity contribution in [2.45, 2.75) is 32.9 Å². The van der Waals surface area contributed by atoms with Crippen LogP contribution in [0, 0.1) is 5.82 Å². The Morgan fingerprint density at radius 2 is 1.69 bits per heavy atom. The van der Waals surface area contributed by atoms with Gasteiger partial charge in [-0.3, -0.25) is 14.5 Å². The minimum absolute atomic E-state index is 0.0815. The van der Waals surface area contributed by atoms with Crippen molar-refractivity contribution < 1.29 is 28.6 Å². The number of carbonyl (C=O) groups is 2. The normalized spacial score (nSPS) is 17.2. The Kier molecular flexibility index (Phi) is 6.87. The van der Waals surface area contributed by atoms with Gasteiger partial charge in [-0.2, -0.15) is 0 Å². The Hall–Kier alpha value is -4.13. The Morgan fingerprint density at radius 1 is 1.00 bits per heavy atom. The largest absolute Gasteiger partial charge is 0.507 e. The molecule has 0 aliphatic carbocycles. The van der Waals surface area contributed by atoms with Crippen LogP contribution in [0.5, 0.6) is 11.5 Å². The number of nitrogens with zero attached hydrogens (tertiary/aromatic N) is 1. The van der Waals surface area contributed by atoms with E-state index in [0.29, 0.717) is 29.4 Å². The first-order valence-corrected chi connectivity index (χ1v) is 11.4. The minimum Gasteiger partial charge on any atom is -0.507 e. The third-order valence-electron chi connectivity index (χ3n) is 5.53. The summed E-state index contributed by atoms with van der Waals surface area (Å²) in [4.78, 5) is 27.9. The van der Waals surface area contributed by atoms with Crippen LogP contribution in [-0.2, 0) is 9.59 Å². The van der Waals surface area contributed by atoms with Crippen molar-refractivity contribution in [2.75, 3.05) is 11.5 Å². The number of benzene rings is 3. The number of ether oxygens (including phenoxy) is 2. The van der Waals surface area contributed by atoms with Crippen molar-refractivity contribution in [2.24, 2.45) is 0 Å². The number of hydrogen-bond acceptors (Lipinski definition) is 5. The van der Waals surface area contributed by atoms with E-state index in [-0.39, 0.29) is 23.0 Å². The molecule has 1 N–H and O–H groups in total. The van der Waals surface area contributed by atoms with E-state index in [1.54, 1.807) is 48.5 Å². The molecule has 1 aliphatic heterocycles. The molecule has 0 bridgehead atoms. The van der Waals surface area contributed by atoms with Gasteiger partial charge in [-0.15, -0.1) is 0 Å². The predicted octanol–water partition coefficient (Wildman–Crippen LogP) is 5.64. The lowest BCUT2D eigenvalue weighted by atomic mass is 9.95. The molecule has 1 aliphatic rings. The van der Waals surface area contributed by atoms with E-state index in [1.807, 2.05) is 20.8 Å². The van der Waals surface area contributed by atoms with Gasteiger partial charge in [0.05, 0.1) is 24.3 Å². The number of aliphatic hydroxyl groups is 1. The summed E-state index contributed by atoms with van der Waals surface area (Å²) in [5, 5.41) is 11.1. The molecule has 7 heteroatoms. The molecule has 1 heterocycles. The Morgan fingerprint density at radius 3 is 2.31 bits per heavy atom. The zero-order valence-electron chi connectivity index (χ0n) is 19.7. The van der Waals surface area contributed by atoms with Gasteiger partial charge in [0.1, 0.15) is 23.1 Å². The highest BCUT2D eigenvalue weighted by atomic mass is 19.1. The first-order valence-electron chi connectivity index (χ1n) is 11.4. The van der Waals surface area contributed by atoms with E-state index >= 15 is 0 Å². The summed E-state index contributed by atoms with van der Waals surface area (Å²) in [6, 6.07) is 18.1. The summed E-state index contributed by atoms with van der Waals surface area (Å²) in [6.45, 7) is 6.15. The summed E-state index contributed by atoms with van der Waals surface area (Å²) < 4.78 is 24.8. The van der Waals surface area contributed by atoms with E-state index in [0.717, 1.165) is 0 Å². The molecule has 1 fully saturated rings. The van der Waals surface area contributed by atoms with E-state index in [2.05, 4.69) is 0 Å². The average molecular weight is 476 g/mol. The highest BCUT2D eigenvalue weighted by molar-refractivity contribution is 6.51. The van der Waals surface area contributed by atoms with E-state index < -0.39 is 23.5 Å². The molecule has 1 saturated heterocycles. The number of aliphatic hydroxyl groups excluding tert-OH is 1. The number of Topliss-reactive ketones (excluding diaryl/α,β-unsaturated/α-hetero) is 1. The van der Waals surface area contributed by atoms with Crippen LogP contribution in [0.1, 0.15) is 37.9 Å². The summed E-state index contributed by atoms with van der Waals surface area (Å²) in [6.07, 6.45) is -0.0815. The van der Waals surface area contributed by atoms with E-state index in [1.165, 1.54) is 29.2 Å². The lowest BCUT2D eigenvalue weighted by Crippen LogP contribution is -2.29. The van der Waals surface area contributed by atoms with Crippen LogP contribution in [0.15, 0.2) is 78.4 Å². The van der Waals surface area contributed by atoms with Crippen LogP contribution in [0.3, 0.4) is 0 Å². The van der Waals surface area contributed by atoms with Crippen molar-refractivity contribution in [1.29, 1.82) is 0 Å². The quantitative estimate of drug-likeness (QED) is 0.272. The molecule has 1 amide bonds. The van der Waals surface area contributed by atoms with Gasteiger partial charge in [0.15, 0.2) is 0 Å². The number of amides is 1. The van der Waals surface area contributed by atoms with Gasteiger partial charge >= 0.3 is 0 Å². The van der Waals surface area contributed by atoms with Gasteiger partial charge in [-0.05, 0) is 87.0 Å². The Bertz CT molecular complexity index is 1270. The Balaban J connectivity index is 1.89. The maximum Gasteiger partial charge on any atom is 0.300 e. The second kappa shape index (κ2) is 10.0. The predicted molar refractivity (Wildman–Crippen MR) is 131 cm³/mol. The molecule has 1 atom stereocenters. The monoisotopic (exact) mass is 475 g/mol. The van der Waals surface area contributed by atoms with Gasteiger partial charge < -0.3 is 14.6 Å². The number of carbonyl (C=O) groups excluding carboxylic acids is 2. The molecule has 4 rings (SSSR count). The fraction of sp³-hybridized carbons (Fsp3) is 0.214. The second-order valence-electron chi connectivity index (χ2n) is 8.34. The topological polar surface area (TPSA) is 76.1 Å². The van der Waals surface area contributed by atoms with Crippen molar-refractivity contribution in [3.63, 3.8) is 0 Å². The maximum atomic E-state index is 13.5. The number of anilines is 1. The van der Waals surface area contributed by atoms with Gasteiger partial charge in [-0.1, -0.05) is 12.1 Å². The first kappa shape index (κ1) is 24.0. The van der Waals surface area contributed by atoms with Crippen LogP contribution in [0.25, 0.3) is 5.76 Å². The molecule has 0 radical (unpaired) electrons. The molecule has 0 saturated carbocycles. The van der Waals surface area contributed by atoms with Crippen LogP contribution in [0.2, 0.25) is 0 Å². The average Bonchev–Trinajstić information content (AvgIpc) is 3.10. The number of halogens is 1. The molecule has 3 aromatic rings. The molecular formula is C28H26FNO5. The zero-order valence-corrected chi connectivity index (χ0v) is 19.7. The van der Waals surface area contributed by atoms with Gasteiger partial charge in [0.25, 0.3) is 11.7 Å². The van der Waals surface area contributed by atoms with Crippen LogP contribution < -0.4 is 14.4 Å². The Labute approximate surface area is 203 Å². The number of ketones is 1. The zero-order chi connectivity index (χ0) is 25.1. The number of rotatable bonds is 7. The maximum absolute atomic E-state index is 13.5. The third kappa shape index (κ3) is 4.89. The summed E-state index contributed by atoms with van der Waals surface area (Å²) >= 11 is 0. The SMILES string of the molecule is CCOc1ccc(N2C(=O)C(=O)/C(=C(\O)c3ccc(F)cc3)C2c2cccc(OC(C)C)c2)cc1. The van der Waals surface area contributed by atoms with Crippen molar-refractivity contribution in [1.82, 2.24) is 0 Å². The summed E-state index contributed by atoms with van der Waals surface area (Å²) in [5.41, 5.74) is 1.20. The van der Waals surface area contributed by atoms with E-state index in [4.69, 9.17) is 9.47 Å². The fourth-order valence-electron chi connectivity index (χ4n) is 4.08. The van der Waals surface area contributed by atoms with Gasteiger partial charge in [0, 0.05) is 11.3 Å². The molecule has 1 unspecified atom stereocenters. The molecular weight excluding hydrogens is 449 g/mol. The second-order valence-corrected chi connectivity index (χ2v) is 8.34. The van der Waals surface area contributed by atoms with Crippen LogP contribution in [0.4, 0.5) is 10.1 Å². The standard InChI is InChI=1S/C28H26FNO5/c1-4-34-22-14-12-21(13-15-22)30-25(19-6-5-7-23(16-19)35-17(2)3)24(27(32)28(30)33)26(31)18-8-10-20(29)11-9-18/h5-17,25,31H,4H2,1-3H3/b26-24-. The third-order valence-corrected chi connectivity index (χ3v) is 5.53. The summed E-state index contributed by atoms with van der Waals surface area (Å²) in [7, 11) is 0. The van der Waals surface area contributed by atoms with Crippen LogP contribution in [-0.4, -0.2) is 29.5 Å². The molecule has 6 nitrogen and oxygen atoms in total. The smallest absolute Gasteiger partial charge is 0.300 e. The first-order chi connectivity index (χ1) is 16.8. The lowest BCUT2D eigenvalue weighted by Gasteiger charge is -2.26. The number of hydrogen-bond donors (Lipinski definition) is 1. The highest BCUT2D eigenvalue weighted by Gasteiger charge is 2.47.